The Morgan fingerprint density at radius 3 is 2.28 bits per heavy atom. The summed E-state index contributed by atoms with van der Waals surface area (Å²) < 4.78 is 60.8. The molecule has 0 spiro atoms. The van der Waals surface area contributed by atoms with Crippen molar-refractivity contribution in [2.75, 3.05) is 12.3 Å². The molecule has 1 amide bonds. The zero-order valence-corrected chi connectivity index (χ0v) is 28.1. The molecule has 13 heteroatoms. The topological polar surface area (TPSA) is 140 Å². The maximum absolute atomic E-state index is 13.9. The largest absolute Gasteiger partial charge is 0.458 e. The average molecular weight is 679 g/mol. The molecule has 1 unspecified atom stereocenters. The molecule has 46 heavy (non-hydrogen) atoms. The Balaban J connectivity index is 1.86. The van der Waals surface area contributed by atoms with Crippen molar-refractivity contribution < 1.29 is 31.5 Å². The van der Waals surface area contributed by atoms with Crippen molar-refractivity contribution >= 4 is 33.1 Å². The number of hydrogen-bond acceptors (Lipinski definition) is 9. The summed E-state index contributed by atoms with van der Waals surface area (Å²) in [6, 6.07) is 8.52. The van der Waals surface area contributed by atoms with Crippen molar-refractivity contribution in [2.24, 2.45) is 5.73 Å². The fourth-order valence-corrected chi connectivity index (χ4v) is 7.88. The quantitative estimate of drug-likeness (QED) is 0.155. The summed E-state index contributed by atoms with van der Waals surface area (Å²) in [5.41, 5.74) is 10.4. The van der Waals surface area contributed by atoms with Gasteiger partial charge in [0, 0.05) is 30.6 Å². The summed E-state index contributed by atoms with van der Waals surface area (Å²) in [6.45, 7) is 6.28. The molecule has 2 aromatic carbocycles. The molecule has 0 aliphatic carbocycles. The van der Waals surface area contributed by atoms with E-state index in [0.29, 0.717) is 32.2 Å². The van der Waals surface area contributed by atoms with Crippen LogP contribution < -0.4 is 16.4 Å². The van der Waals surface area contributed by atoms with Gasteiger partial charge >= 0.3 is 5.97 Å². The molecule has 9 nitrogen and oxygen atoms in total. The van der Waals surface area contributed by atoms with Crippen LogP contribution in [0.1, 0.15) is 73.6 Å². The van der Waals surface area contributed by atoms with E-state index in [1.165, 1.54) is 22.2 Å². The van der Waals surface area contributed by atoms with Crippen LogP contribution in [0.2, 0.25) is 0 Å². The van der Waals surface area contributed by atoms with Gasteiger partial charge in [-0.05, 0) is 54.5 Å². The Labute approximate surface area is 274 Å². The first-order valence-corrected chi connectivity index (χ1v) is 18.2. The molecular formula is C33H44F2N4O5S2. The highest BCUT2D eigenvalue weighted by atomic mass is 32.2. The predicted molar refractivity (Wildman–Crippen MR) is 176 cm³/mol. The van der Waals surface area contributed by atoms with Crippen LogP contribution in [0.3, 0.4) is 0 Å². The first-order valence-electron chi connectivity index (χ1n) is 15.6. The Bertz CT molecular complexity index is 1500. The minimum absolute atomic E-state index is 0.0382. The second-order valence-electron chi connectivity index (χ2n) is 11.4. The van der Waals surface area contributed by atoms with Gasteiger partial charge in [-0.15, -0.1) is 11.3 Å². The number of thiazole rings is 1. The summed E-state index contributed by atoms with van der Waals surface area (Å²) in [7, 11) is -3.84. The van der Waals surface area contributed by atoms with Crippen LogP contribution in [0.5, 0.6) is 0 Å². The molecule has 3 atom stereocenters. The summed E-state index contributed by atoms with van der Waals surface area (Å²) >= 11 is 1.18. The molecule has 0 aliphatic heterocycles. The molecular weight excluding hydrogens is 635 g/mol. The predicted octanol–water partition coefficient (Wildman–Crippen LogP) is 4.74. The third-order valence-electron chi connectivity index (χ3n) is 7.60. The molecule has 4 N–H and O–H groups in total. The highest BCUT2D eigenvalue weighted by Gasteiger charge is 2.35. The SMILES string of the molecule is CCCC(CCC)S(=O)(=O)C[C@@H](NC(=O)c1cscn1)C(=O)O[C@H](CNCc1cccc(CC)c1)C(N)Cc1cc(F)cc(F)c1. The standard InChI is InChI=1S/C33H44F2N4O5S2/c1-4-8-27(9-5-2)46(42,43)20-30(39-32(40)29-19-45-21-38-29)33(41)44-31(18-37-17-23-11-7-10-22(6-3)12-23)28(36)15-24-13-25(34)16-26(35)14-24/h7,10-14,16,19,21,27-28,30-31,37H,4-6,8-9,15,17-18,20,36H2,1-3H3,(H,39,40)/t28?,30-,31-/m1/s1. The number of rotatable bonds is 19. The molecule has 0 radical (unpaired) electrons. The molecule has 0 bridgehead atoms. The highest BCUT2D eigenvalue weighted by molar-refractivity contribution is 7.92. The lowest BCUT2D eigenvalue weighted by atomic mass is 10.0. The highest BCUT2D eigenvalue weighted by Crippen LogP contribution is 2.19. The van der Waals surface area contributed by atoms with E-state index < -0.39 is 62.5 Å². The number of hydrogen-bond donors (Lipinski definition) is 3. The molecule has 0 saturated heterocycles. The van der Waals surface area contributed by atoms with Gasteiger partial charge in [-0.25, -0.2) is 27.0 Å². The monoisotopic (exact) mass is 678 g/mol. The molecule has 252 valence electrons. The minimum atomic E-state index is -3.84. The number of nitrogens with zero attached hydrogens (tertiary/aromatic N) is 1. The van der Waals surface area contributed by atoms with Gasteiger partial charge in [0.1, 0.15) is 29.5 Å². The van der Waals surface area contributed by atoms with Crippen molar-refractivity contribution in [3.63, 3.8) is 0 Å². The van der Waals surface area contributed by atoms with Crippen molar-refractivity contribution in [3.05, 3.63) is 87.4 Å². The average Bonchev–Trinajstić information content (AvgIpc) is 3.55. The third kappa shape index (κ3) is 11.5. The van der Waals surface area contributed by atoms with E-state index in [4.69, 9.17) is 10.5 Å². The number of nitrogens with one attached hydrogen (secondary N) is 2. The van der Waals surface area contributed by atoms with Gasteiger partial charge in [-0.1, -0.05) is 57.9 Å². The second kappa shape index (κ2) is 18.2. The lowest BCUT2D eigenvalue weighted by Crippen LogP contribution is -2.52. The number of aryl methyl sites for hydroxylation is 1. The normalized spacial score (nSPS) is 13.7. The van der Waals surface area contributed by atoms with E-state index in [9.17, 15) is 26.8 Å². The zero-order chi connectivity index (χ0) is 33.7. The van der Waals surface area contributed by atoms with Crippen LogP contribution in [0, 0.1) is 11.6 Å². The van der Waals surface area contributed by atoms with Crippen LogP contribution in [-0.2, 0) is 38.8 Å². The fourth-order valence-electron chi connectivity index (χ4n) is 5.20. The van der Waals surface area contributed by atoms with Gasteiger partial charge in [0.05, 0.1) is 16.5 Å². The van der Waals surface area contributed by atoms with Crippen LogP contribution >= 0.6 is 11.3 Å². The summed E-state index contributed by atoms with van der Waals surface area (Å²) in [5.74, 6) is -3.91. The van der Waals surface area contributed by atoms with Crippen LogP contribution in [0.25, 0.3) is 0 Å². The lowest BCUT2D eigenvalue weighted by Gasteiger charge is -2.28. The van der Waals surface area contributed by atoms with Crippen LogP contribution in [-0.4, -0.2) is 61.0 Å². The molecule has 1 heterocycles. The first-order chi connectivity index (χ1) is 21.9. The second-order valence-corrected chi connectivity index (χ2v) is 14.4. The van der Waals surface area contributed by atoms with E-state index in [2.05, 4.69) is 15.6 Å². The smallest absolute Gasteiger partial charge is 0.330 e. The van der Waals surface area contributed by atoms with E-state index in [0.717, 1.165) is 35.7 Å². The molecule has 0 aliphatic rings. The van der Waals surface area contributed by atoms with E-state index in [1.807, 2.05) is 45.0 Å². The van der Waals surface area contributed by atoms with Gasteiger partial charge in [-0.2, -0.15) is 0 Å². The maximum Gasteiger partial charge on any atom is 0.330 e. The number of benzene rings is 2. The van der Waals surface area contributed by atoms with Crippen molar-refractivity contribution in [1.82, 2.24) is 15.6 Å². The maximum atomic E-state index is 13.9. The molecule has 0 saturated carbocycles. The van der Waals surface area contributed by atoms with Gasteiger partial charge in [0.25, 0.3) is 5.91 Å². The number of amides is 1. The first kappa shape index (κ1) is 37.2. The van der Waals surface area contributed by atoms with Gasteiger partial charge in [-0.3, -0.25) is 4.79 Å². The van der Waals surface area contributed by atoms with Gasteiger partial charge in [0.2, 0.25) is 0 Å². The Morgan fingerprint density at radius 2 is 1.67 bits per heavy atom. The number of aromatic nitrogens is 1. The number of ether oxygens (including phenoxy) is 1. The summed E-state index contributed by atoms with van der Waals surface area (Å²) in [4.78, 5) is 30.7. The number of esters is 1. The molecule has 3 aromatic rings. The number of sulfone groups is 1. The van der Waals surface area contributed by atoms with Crippen LogP contribution in [0.15, 0.2) is 53.4 Å². The fraction of sp³-hybridized carbons (Fsp3) is 0.485. The molecule has 3 rings (SSSR count). The van der Waals surface area contributed by atoms with Gasteiger partial charge < -0.3 is 21.1 Å². The van der Waals surface area contributed by atoms with Crippen molar-refractivity contribution in [3.8, 4) is 0 Å². The zero-order valence-electron chi connectivity index (χ0n) is 26.5. The summed E-state index contributed by atoms with van der Waals surface area (Å²) in [6.07, 6.45) is 1.87. The van der Waals surface area contributed by atoms with Crippen LogP contribution in [0.4, 0.5) is 8.78 Å². The van der Waals surface area contributed by atoms with E-state index in [-0.39, 0.29) is 24.2 Å². The summed E-state index contributed by atoms with van der Waals surface area (Å²) in [5, 5.41) is 6.54. The lowest BCUT2D eigenvalue weighted by molar-refractivity contribution is -0.151. The van der Waals surface area contributed by atoms with Gasteiger partial charge in [0.15, 0.2) is 9.84 Å². The van der Waals surface area contributed by atoms with E-state index in [1.54, 1.807) is 0 Å². The minimum Gasteiger partial charge on any atom is -0.458 e. The number of halogens is 2. The number of carbonyl (C=O) groups excluding carboxylic acids is 2. The molecule has 1 aromatic heterocycles. The third-order valence-corrected chi connectivity index (χ3v) is 10.5. The number of carbonyl (C=O) groups is 2. The Morgan fingerprint density at radius 1 is 1.00 bits per heavy atom. The van der Waals surface area contributed by atoms with E-state index >= 15 is 0 Å². The number of nitrogens with two attached hydrogens (primary N) is 1. The Hall–Kier alpha value is -3.26. The van der Waals surface area contributed by atoms with Crippen molar-refractivity contribution in [1.29, 1.82) is 0 Å². The molecule has 0 fully saturated rings. The Kier molecular flexibility index (Phi) is 14.7. The van der Waals surface area contributed by atoms with Crippen molar-refractivity contribution in [2.45, 2.75) is 89.3 Å².